The first-order chi connectivity index (χ1) is 10.5. The van der Waals surface area contributed by atoms with Crippen molar-refractivity contribution < 1.29 is 18.3 Å². The Labute approximate surface area is 131 Å². The molecule has 2 fully saturated rings. The Morgan fingerprint density at radius 2 is 2.14 bits per heavy atom. The molecule has 1 saturated carbocycles. The molecule has 0 aromatic heterocycles. The average Bonchev–Trinajstić information content (AvgIpc) is 3.26. The Hall–Kier alpha value is -1.11. The second-order valence-corrected chi connectivity index (χ2v) is 8.34. The lowest BCUT2D eigenvalue weighted by Gasteiger charge is -2.24. The molecular weight excluding hydrogens is 302 g/mol. The predicted molar refractivity (Wildman–Crippen MR) is 84.2 cm³/mol. The third kappa shape index (κ3) is 3.45. The van der Waals surface area contributed by atoms with Gasteiger partial charge in [-0.05, 0) is 36.5 Å². The first kappa shape index (κ1) is 15.8. The number of rotatable bonds is 6. The third-order valence-electron chi connectivity index (χ3n) is 4.55. The molecule has 0 radical (unpaired) electrons. The molecule has 2 aliphatic rings. The number of hydrogen-bond acceptors (Lipinski definition) is 4. The van der Waals surface area contributed by atoms with Crippen molar-refractivity contribution in [2.24, 2.45) is 5.92 Å². The van der Waals surface area contributed by atoms with E-state index in [1.54, 1.807) is 7.11 Å². The molecule has 0 amide bonds. The van der Waals surface area contributed by atoms with Crippen LogP contribution >= 0.6 is 0 Å². The Balaban J connectivity index is 1.81. The number of aliphatic hydroxyl groups excluding tert-OH is 1. The van der Waals surface area contributed by atoms with Gasteiger partial charge in [0.05, 0.1) is 25.0 Å². The van der Waals surface area contributed by atoms with Crippen molar-refractivity contribution >= 4 is 10.0 Å². The standard InChI is InChI=1S/C16H23NO4S/c1-21-15-4-2-3-13(9-15)16-10-14(18)11-17(16)22(19,20)8-7-12-5-6-12/h2-4,9,12,14,16,18H,5-8,10-11H2,1H3/t14-,16+/m1/s1. The van der Waals surface area contributed by atoms with Crippen molar-refractivity contribution in [1.82, 2.24) is 4.31 Å². The second-order valence-electron chi connectivity index (χ2n) is 6.30. The van der Waals surface area contributed by atoms with E-state index < -0.39 is 16.1 Å². The Morgan fingerprint density at radius 3 is 2.82 bits per heavy atom. The molecule has 0 unspecified atom stereocenters. The van der Waals surface area contributed by atoms with Gasteiger partial charge >= 0.3 is 0 Å². The van der Waals surface area contributed by atoms with Gasteiger partial charge in [0, 0.05) is 6.54 Å². The average molecular weight is 325 g/mol. The molecule has 1 N–H and O–H groups in total. The van der Waals surface area contributed by atoms with Crippen molar-refractivity contribution in [3.8, 4) is 5.75 Å². The van der Waals surface area contributed by atoms with Crippen LogP contribution in [0.15, 0.2) is 24.3 Å². The van der Waals surface area contributed by atoms with E-state index in [0.717, 1.165) is 24.8 Å². The van der Waals surface area contributed by atoms with Gasteiger partial charge in [-0.2, -0.15) is 4.31 Å². The number of ether oxygens (including phenoxy) is 1. The summed E-state index contributed by atoms with van der Waals surface area (Å²) in [6, 6.07) is 7.14. The highest BCUT2D eigenvalue weighted by molar-refractivity contribution is 7.89. The molecule has 1 aromatic carbocycles. The molecule has 1 heterocycles. The summed E-state index contributed by atoms with van der Waals surface area (Å²) in [5.41, 5.74) is 0.880. The van der Waals surface area contributed by atoms with Gasteiger partial charge in [-0.3, -0.25) is 0 Å². The minimum atomic E-state index is -3.33. The number of β-amino-alcohol motifs (C(OH)–C–C–N with tert-alkyl or cyclic N) is 1. The minimum Gasteiger partial charge on any atom is -0.497 e. The van der Waals surface area contributed by atoms with E-state index in [-0.39, 0.29) is 18.3 Å². The topological polar surface area (TPSA) is 66.8 Å². The first-order valence-electron chi connectivity index (χ1n) is 7.81. The predicted octanol–water partition coefficient (Wildman–Crippen LogP) is 1.93. The largest absolute Gasteiger partial charge is 0.497 e. The molecule has 0 spiro atoms. The van der Waals surface area contributed by atoms with Crippen LogP contribution < -0.4 is 4.74 Å². The molecule has 0 bridgehead atoms. The summed E-state index contributed by atoms with van der Waals surface area (Å²) >= 11 is 0. The van der Waals surface area contributed by atoms with E-state index in [0.29, 0.717) is 18.1 Å². The van der Waals surface area contributed by atoms with Crippen LogP contribution in [0.4, 0.5) is 0 Å². The van der Waals surface area contributed by atoms with Crippen molar-refractivity contribution in [1.29, 1.82) is 0 Å². The molecule has 1 aliphatic carbocycles. The van der Waals surface area contributed by atoms with Crippen molar-refractivity contribution in [3.63, 3.8) is 0 Å². The van der Waals surface area contributed by atoms with Gasteiger partial charge in [-0.1, -0.05) is 25.0 Å². The number of nitrogens with zero attached hydrogens (tertiary/aromatic N) is 1. The van der Waals surface area contributed by atoms with Crippen LogP contribution in [-0.2, 0) is 10.0 Å². The fraction of sp³-hybridized carbons (Fsp3) is 0.625. The SMILES string of the molecule is COc1cccc([C@@H]2C[C@@H](O)CN2S(=O)(=O)CCC2CC2)c1. The first-order valence-corrected chi connectivity index (χ1v) is 9.42. The Kier molecular flexibility index (Phi) is 4.43. The molecule has 1 saturated heterocycles. The number of sulfonamides is 1. The van der Waals surface area contributed by atoms with Crippen LogP contribution in [0.5, 0.6) is 5.75 Å². The smallest absolute Gasteiger partial charge is 0.214 e. The summed E-state index contributed by atoms with van der Waals surface area (Å²) in [7, 11) is -1.74. The summed E-state index contributed by atoms with van der Waals surface area (Å²) in [5.74, 6) is 1.47. The molecule has 122 valence electrons. The quantitative estimate of drug-likeness (QED) is 0.868. The van der Waals surface area contributed by atoms with E-state index in [1.807, 2.05) is 24.3 Å². The second kappa shape index (κ2) is 6.18. The van der Waals surface area contributed by atoms with E-state index >= 15 is 0 Å². The summed E-state index contributed by atoms with van der Waals surface area (Å²) in [4.78, 5) is 0. The molecule has 5 nitrogen and oxygen atoms in total. The molecule has 1 aliphatic heterocycles. The van der Waals surface area contributed by atoms with Gasteiger partial charge in [-0.15, -0.1) is 0 Å². The lowest BCUT2D eigenvalue weighted by molar-refractivity contribution is 0.188. The van der Waals surface area contributed by atoms with Crippen LogP contribution in [0.3, 0.4) is 0 Å². The fourth-order valence-electron chi connectivity index (χ4n) is 3.08. The maximum atomic E-state index is 12.6. The molecular formula is C16H23NO4S. The van der Waals surface area contributed by atoms with Crippen LogP contribution in [-0.4, -0.2) is 43.3 Å². The maximum absolute atomic E-state index is 12.6. The van der Waals surface area contributed by atoms with Crippen molar-refractivity contribution in [3.05, 3.63) is 29.8 Å². The van der Waals surface area contributed by atoms with Gasteiger partial charge in [-0.25, -0.2) is 8.42 Å². The maximum Gasteiger partial charge on any atom is 0.214 e. The molecule has 6 heteroatoms. The van der Waals surface area contributed by atoms with Crippen LogP contribution in [0.2, 0.25) is 0 Å². The highest BCUT2D eigenvalue weighted by atomic mass is 32.2. The minimum absolute atomic E-state index is 0.185. The van der Waals surface area contributed by atoms with E-state index in [1.165, 1.54) is 4.31 Å². The lowest BCUT2D eigenvalue weighted by atomic mass is 10.0. The summed E-state index contributed by atoms with van der Waals surface area (Å²) in [5, 5.41) is 9.97. The van der Waals surface area contributed by atoms with Crippen molar-refractivity contribution in [2.45, 2.75) is 37.8 Å². The summed E-state index contributed by atoms with van der Waals surface area (Å²) < 4.78 is 32.0. The van der Waals surface area contributed by atoms with Gasteiger partial charge in [0.1, 0.15) is 5.75 Å². The zero-order valence-electron chi connectivity index (χ0n) is 12.8. The van der Waals surface area contributed by atoms with Gasteiger partial charge in [0.25, 0.3) is 0 Å². The van der Waals surface area contributed by atoms with Crippen LogP contribution in [0.25, 0.3) is 0 Å². The highest BCUT2D eigenvalue weighted by Crippen LogP contribution is 2.38. The van der Waals surface area contributed by atoms with Gasteiger partial charge in [0.2, 0.25) is 10.0 Å². The lowest BCUT2D eigenvalue weighted by Crippen LogP contribution is -2.33. The molecule has 22 heavy (non-hydrogen) atoms. The number of methoxy groups -OCH3 is 1. The van der Waals surface area contributed by atoms with Gasteiger partial charge < -0.3 is 9.84 Å². The summed E-state index contributed by atoms with van der Waals surface area (Å²) in [6.07, 6.45) is 2.87. The summed E-state index contributed by atoms with van der Waals surface area (Å²) in [6.45, 7) is 0.189. The highest BCUT2D eigenvalue weighted by Gasteiger charge is 2.40. The molecule has 2 atom stereocenters. The molecule has 3 rings (SSSR count). The van der Waals surface area contributed by atoms with E-state index in [2.05, 4.69) is 0 Å². The monoisotopic (exact) mass is 325 g/mol. The van der Waals surface area contributed by atoms with Crippen molar-refractivity contribution in [2.75, 3.05) is 19.4 Å². The Bertz CT molecular complexity index is 627. The Morgan fingerprint density at radius 1 is 1.36 bits per heavy atom. The van der Waals surface area contributed by atoms with Crippen LogP contribution in [0, 0.1) is 5.92 Å². The van der Waals surface area contributed by atoms with E-state index in [4.69, 9.17) is 4.74 Å². The third-order valence-corrected chi connectivity index (χ3v) is 6.42. The van der Waals surface area contributed by atoms with Gasteiger partial charge in [0.15, 0.2) is 0 Å². The number of hydrogen-bond donors (Lipinski definition) is 1. The van der Waals surface area contributed by atoms with Crippen LogP contribution in [0.1, 0.15) is 37.3 Å². The zero-order chi connectivity index (χ0) is 15.7. The van der Waals surface area contributed by atoms with E-state index in [9.17, 15) is 13.5 Å². The zero-order valence-corrected chi connectivity index (χ0v) is 13.6. The normalized spacial score (nSPS) is 26.3. The number of benzene rings is 1. The molecule has 1 aromatic rings. The fourth-order valence-corrected chi connectivity index (χ4v) is 4.94. The number of aliphatic hydroxyl groups is 1.